The van der Waals surface area contributed by atoms with Crippen LogP contribution in [-0.4, -0.2) is 71.8 Å². The van der Waals surface area contributed by atoms with Crippen molar-refractivity contribution in [3.8, 4) is 17.2 Å². The molecule has 262 valence electrons. The summed E-state index contributed by atoms with van der Waals surface area (Å²) in [5.41, 5.74) is 4.79. The Balaban J connectivity index is 1.27. The molecule has 0 aromatic heterocycles. The van der Waals surface area contributed by atoms with Crippen molar-refractivity contribution >= 4 is 17.7 Å². The number of likely N-dealkylation sites (tertiary alicyclic amines) is 2. The summed E-state index contributed by atoms with van der Waals surface area (Å²) in [6, 6.07) is 34.4. The van der Waals surface area contributed by atoms with E-state index in [1.165, 1.54) is 5.56 Å². The van der Waals surface area contributed by atoms with E-state index in [1.54, 1.807) is 24.3 Å². The van der Waals surface area contributed by atoms with Crippen LogP contribution >= 0.6 is 0 Å². The van der Waals surface area contributed by atoms with Gasteiger partial charge in [0.05, 0.1) is 17.7 Å². The minimum Gasteiger partial charge on any atom is -0.348 e. The quantitative estimate of drug-likeness (QED) is 0.173. The fourth-order valence-electron chi connectivity index (χ4n) is 7.41. The van der Waals surface area contributed by atoms with Crippen LogP contribution in [0.15, 0.2) is 103 Å². The smallest absolute Gasteiger partial charge is 0.254 e. The molecule has 4 aromatic carbocycles. The van der Waals surface area contributed by atoms with Gasteiger partial charge in [0.15, 0.2) is 0 Å². The van der Waals surface area contributed by atoms with Crippen molar-refractivity contribution in [2.45, 2.75) is 64.1 Å². The molecule has 2 fully saturated rings. The first-order valence-corrected chi connectivity index (χ1v) is 18.2. The number of carbonyl (C=O) groups excluding carboxylic acids is 3. The van der Waals surface area contributed by atoms with Gasteiger partial charge in [0, 0.05) is 49.4 Å². The SMILES string of the molecule is CC(C)CN1CC[C@H](NC[C@H](Cc2ccccc2)NC(=O)c2cc(C(=O)N3CCCC3Cc3ccccc3)cc(-c3ccccc3C#N)c2)C1=O. The van der Waals surface area contributed by atoms with E-state index in [2.05, 4.69) is 42.7 Å². The number of rotatable bonds is 13. The lowest BCUT2D eigenvalue weighted by Crippen LogP contribution is -2.48. The molecule has 2 aliphatic heterocycles. The monoisotopic (exact) mass is 681 g/mol. The topological polar surface area (TPSA) is 106 Å². The Labute approximate surface area is 301 Å². The fraction of sp³-hybridized carbons (Fsp3) is 0.349. The number of carbonyl (C=O) groups is 3. The number of benzene rings is 4. The number of nitrogens with one attached hydrogen (secondary N) is 2. The van der Waals surface area contributed by atoms with E-state index in [-0.39, 0.29) is 35.8 Å². The van der Waals surface area contributed by atoms with E-state index in [0.717, 1.165) is 44.3 Å². The van der Waals surface area contributed by atoms with Crippen molar-refractivity contribution in [1.29, 1.82) is 5.26 Å². The fourth-order valence-corrected chi connectivity index (χ4v) is 7.41. The Hall–Kier alpha value is -5.26. The molecule has 2 aliphatic rings. The van der Waals surface area contributed by atoms with Gasteiger partial charge in [-0.15, -0.1) is 0 Å². The lowest BCUT2D eigenvalue weighted by molar-refractivity contribution is -0.129. The van der Waals surface area contributed by atoms with Gasteiger partial charge in [-0.2, -0.15) is 5.26 Å². The third kappa shape index (κ3) is 8.92. The van der Waals surface area contributed by atoms with E-state index < -0.39 is 0 Å². The summed E-state index contributed by atoms with van der Waals surface area (Å²) in [7, 11) is 0. The molecule has 2 heterocycles. The lowest BCUT2D eigenvalue weighted by atomic mass is 9.95. The summed E-state index contributed by atoms with van der Waals surface area (Å²) in [5.74, 6) is 0.0650. The third-order valence-corrected chi connectivity index (χ3v) is 9.91. The molecule has 6 rings (SSSR count). The highest BCUT2D eigenvalue weighted by Crippen LogP contribution is 2.29. The first kappa shape index (κ1) is 35.6. The van der Waals surface area contributed by atoms with Gasteiger partial charge in [0.1, 0.15) is 0 Å². The molecule has 51 heavy (non-hydrogen) atoms. The Bertz CT molecular complexity index is 1870. The van der Waals surface area contributed by atoms with Crippen molar-refractivity contribution < 1.29 is 14.4 Å². The first-order chi connectivity index (χ1) is 24.8. The van der Waals surface area contributed by atoms with E-state index >= 15 is 0 Å². The zero-order chi connectivity index (χ0) is 35.7. The van der Waals surface area contributed by atoms with Gasteiger partial charge in [-0.3, -0.25) is 14.4 Å². The van der Waals surface area contributed by atoms with Gasteiger partial charge >= 0.3 is 0 Å². The van der Waals surface area contributed by atoms with Gasteiger partial charge in [0.25, 0.3) is 11.8 Å². The molecule has 8 heteroatoms. The maximum Gasteiger partial charge on any atom is 0.254 e. The van der Waals surface area contributed by atoms with E-state index in [4.69, 9.17) is 0 Å². The van der Waals surface area contributed by atoms with Crippen LogP contribution in [0.4, 0.5) is 0 Å². The molecular formula is C43H47N5O3. The molecule has 3 amide bonds. The average molecular weight is 682 g/mol. The Morgan fingerprint density at radius 3 is 2.27 bits per heavy atom. The second-order valence-corrected chi connectivity index (χ2v) is 14.2. The van der Waals surface area contributed by atoms with Crippen LogP contribution in [0.5, 0.6) is 0 Å². The predicted molar refractivity (Wildman–Crippen MR) is 200 cm³/mol. The summed E-state index contributed by atoms with van der Waals surface area (Å²) in [4.78, 5) is 45.5. The summed E-state index contributed by atoms with van der Waals surface area (Å²) >= 11 is 0. The second kappa shape index (κ2) is 16.6. The number of hydrogen-bond acceptors (Lipinski definition) is 5. The van der Waals surface area contributed by atoms with E-state index in [0.29, 0.717) is 53.2 Å². The third-order valence-electron chi connectivity index (χ3n) is 9.91. The molecular weight excluding hydrogens is 635 g/mol. The normalized spacial score (nSPS) is 17.8. The van der Waals surface area contributed by atoms with Gasteiger partial charge in [-0.25, -0.2) is 0 Å². The maximum atomic E-state index is 14.3. The molecule has 0 bridgehead atoms. The Morgan fingerprint density at radius 1 is 0.863 bits per heavy atom. The molecule has 0 saturated carbocycles. The van der Waals surface area contributed by atoms with Crippen molar-refractivity contribution in [2.24, 2.45) is 5.92 Å². The number of nitrogens with zero attached hydrogens (tertiary/aromatic N) is 3. The number of amides is 3. The first-order valence-electron chi connectivity index (χ1n) is 18.2. The van der Waals surface area contributed by atoms with Crippen molar-refractivity contribution in [1.82, 2.24) is 20.4 Å². The standard InChI is InChI=1S/C43H47N5O3/c1-30(2)29-47-21-19-40(43(47)51)45-28-37(22-31-12-5-3-6-13-31)46-41(49)35-24-34(39-18-10-9-16-33(39)27-44)25-36(26-35)42(50)48-20-11-17-38(48)23-32-14-7-4-8-15-32/h3-10,12-16,18,24-26,30,37-38,40,45H,11,17,19-23,28-29H2,1-2H3,(H,46,49)/t37-,38?,40-/m0/s1. The van der Waals surface area contributed by atoms with Crippen molar-refractivity contribution in [2.75, 3.05) is 26.2 Å². The summed E-state index contributed by atoms with van der Waals surface area (Å²) in [6.45, 7) is 6.74. The van der Waals surface area contributed by atoms with Gasteiger partial charge in [-0.05, 0) is 84.5 Å². The highest BCUT2D eigenvalue weighted by Gasteiger charge is 2.33. The summed E-state index contributed by atoms with van der Waals surface area (Å²) in [5, 5.41) is 16.6. The highest BCUT2D eigenvalue weighted by atomic mass is 16.2. The van der Waals surface area contributed by atoms with E-state index in [1.807, 2.05) is 76.5 Å². The van der Waals surface area contributed by atoms with Crippen LogP contribution < -0.4 is 10.6 Å². The van der Waals surface area contributed by atoms with Crippen LogP contribution in [-0.2, 0) is 17.6 Å². The Morgan fingerprint density at radius 2 is 1.55 bits per heavy atom. The molecule has 0 aliphatic carbocycles. The van der Waals surface area contributed by atoms with Gasteiger partial charge in [-0.1, -0.05) is 92.7 Å². The maximum absolute atomic E-state index is 14.3. The molecule has 0 spiro atoms. The zero-order valence-corrected chi connectivity index (χ0v) is 29.6. The van der Waals surface area contributed by atoms with Gasteiger partial charge < -0.3 is 20.4 Å². The van der Waals surface area contributed by atoms with Gasteiger partial charge in [0.2, 0.25) is 5.91 Å². The highest BCUT2D eigenvalue weighted by molar-refractivity contribution is 6.02. The molecule has 4 aromatic rings. The van der Waals surface area contributed by atoms with Crippen LogP contribution in [0.3, 0.4) is 0 Å². The molecule has 8 nitrogen and oxygen atoms in total. The van der Waals surface area contributed by atoms with Crippen LogP contribution in [0.2, 0.25) is 0 Å². The minimum atomic E-state index is -0.324. The van der Waals surface area contributed by atoms with Crippen LogP contribution in [0.25, 0.3) is 11.1 Å². The molecule has 0 radical (unpaired) electrons. The predicted octanol–water partition coefficient (Wildman–Crippen LogP) is 6.26. The molecule has 1 unspecified atom stereocenters. The van der Waals surface area contributed by atoms with Crippen LogP contribution in [0.1, 0.15) is 70.5 Å². The van der Waals surface area contributed by atoms with Crippen molar-refractivity contribution in [3.05, 3.63) is 131 Å². The zero-order valence-electron chi connectivity index (χ0n) is 29.6. The van der Waals surface area contributed by atoms with E-state index in [9.17, 15) is 19.6 Å². The van der Waals surface area contributed by atoms with Crippen molar-refractivity contribution in [3.63, 3.8) is 0 Å². The summed E-state index contributed by atoms with van der Waals surface area (Å²) in [6.07, 6.45) is 3.89. The summed E-state index contributed by atoms with van der Waals surface area (Å²) < 4.78 is 0. The Kier molecular flexibility index (Phi) is 11.6. The largest absolute Gasteiger partial charge is 0.348 e. The molecule has 2 saturated heterocycles. The molecule has 2 N–H and O–H groups in total. The minimum absolute atomic E-state index is 0.0586. The number of hydrogen-bond donors (Lipinski definition) is 2. The average Bonchev–Trinajstić information content (AvgIpc) is 3.76. The van der Waals surface area contributed by atoms with Crippen LogP contribution in [0, 0.1) is 17.2 Å². The number of nitriles is 1. The molecule has 3 atom stereocenters. The second-order valence-electron chi connectivity index (χ2n) is 14.2. The lowest BCUT2D eigenvalue weighted by Gasteiger charge is -2.26.